The van der Waals surface area contributed by atoms with Crippen molar-refractivity contribution in [1.29, 1.82) is 0 Å². The van der Waals surface area contributed by atoms with Crippen LogP contribution in [0.3, 0.4) is 0 Å². The van der Waals surface area contributed by atoms with Crippen LogP contribution in [0.25, 0.3) is 4.85 Å². The first-order valence-corrected chi connectivity index (χ1v) is 7.23. The molecule has 2 N–H and O–H groups in total. The Morgan fingerprint density at radius 2 is 1.92 bits per heavy atom. The van der Waals surface area contributed by atoms with Crippen LogP contribution in [0.1, 0.15) is 31.1 Å². The van der Waals surface area contributed by atoms with E-state index in [0.29, 0.717) is 18.8 Å². The normalized spacial score (nSPS) is 10.0. The predicted molar refractivity (Wildman–Crippen MR) is 86.5 cm³/mol. The van der Waals surface area contributed by atoms with Gasteiger partial charge in [0.15, 0.2) is 5.82 Å². The summed E-state index contributed by atoms with van der Waals surface area (Å²) in [6, 6.07) is 0. The maximum atomic E-state index is 11.1. The third-order valence-corrected chi connectivity index (χ3v) is 2.32. The maximum Gasteiger partial charge on any atom is 0.343 e. The van der Waals surface area contributed by atoms with E-state index in [1.165, 1.54) is 10.9 Å². The highest BCUT2D eigenvalue weighted by atomic mass is 16.5. The number of rotatable bonds is 6. The summed E-state index contributed by atoms with van der Waals surface area (Å²) in [5.41, 5.74) is 5.63. The summed E-state index contributed by atoms with van der Waals surface area (Å²) in [6.07, 6.45) is 2.65. The fourth-order valence-corrected chi connectivity index (χ4v) is 1.36. The zero-order chi connectivity index (χ0) is 18.5. The molecule has 0 aliphatic rings. The standard InChI is InChI=1S/C8H11NO3.C7H11N3O2/c1-4-11-6-7(9-3)8(10)12-5-2;1-3-12-7(11)5-4-10(2)9-6(5)8/h6H,4-5H2,1-2H3;4H,3H2,1-2H3,(H2,8,9). The van der Waals surface area contributed by atoms with E-state index >= 15 is 0 Å². The number of hydrogen-bond donors (Lipinski definition) is 1. The summed E-state index contributed by atoms with van der Waals surface area (Å²) in [4.78, 5) is 25.0. The van der Waals surface area contributed by atoms with E-state index < -0.39 is 11.9 Å². The van der Waals surface area contributed by atoms with Gasteiger partial charge < -0.3 is 19.9 Å². The minimum absolute atomic E-state index is 0.126. The molecular weight excluding hydrogens is 316 g/mol. The van der Waals surface area contributed by atoms with E-state index in [4.69, 9.17) is 21.8 Å². The predicted octanol–water partition coefficient (Wildman–Crippen LogP) is 1.53. The van der Waals surface area contributed by atoms with E-state index in [9.17, 15) is 9.59 Å². The first kappa shape index (κ1) is 21.0. The van der Waals surface area contributed by atoms with Crippen LogP contribution in [0.2, 0.25) is 0 Å². The van der Waals surface area contributed by atoms with Crippen LogP contribution in [-0.2, 0) is 26.1 Å². The Balaban J connectivity index is 0.000000441. The number of hydrogen-bond acceptors (Lipinski definition) is 7. The Morgan fingerprint density at radius 1 is 1.29 bits per heavy atom. The fourth-order valence-electron chi connectivity index (χ4n) is 1.36. The number of nitrogens with zero attached hydrogens (tertiary/aromatic N) is 3. The maximum absolute atomic E-state index is 11.1. The highest BCUT2D eigenvalue weighted by Crippen LogP contribution is 2.09. The molecule has 0 aliphatic heterocycles. The van der Waals surface area contributed by atoms with E-state index in [0.717, 1.165) is 6.26 Å². The molecule has 1 aromatic heterocycles. The van der Waals surface area contributed by atoms with Crippen molar-refractivity contribution in [3.8, 4) is 0 Å². The van der Waals surface area contributed by atoms with Crippen LogP contribution in [-0.4, -0.2) is 41.5 Å². The van der Waals surface area contributed by atoms with Gasteiger partial charge in [-0.1, -0.05) is 0 Å². The topological polar surface area (TPSA) is 110 Å². The molecule has 0 amide bonds. The van der Waals surface area contributed by atoms with E-state index in [1.54, 1.807) is 27.8 Å². The van der Waals surface area contributed by atoms with Gasteiger partial charge in [-0.25, -0.2) is 9.64 Å². The smallest absolute Gasteiger partial charge is 0.343 e. The average Bonchev–Trinajstić information content (AvgIpc) is 2.88. The van der Waals surface area contributed by atoms with Crippen molar-refractivity contribution in [2.45, 2.75) is 20.8 Å². The number of aryl methyl sites for hydroxylation is 1. The molecule has 0 spiro atoms. The van der Waals surface area contributed by atoms with Crippen LogP contribution in [0, 0.1) is 6.57 Å². The molecule has 1 heterocycles. The molecule has 9 nitrogen and oxygen atoms in total. The second-order valence-electron chi connectivity index (χ2n) is 4.11. The molecule has 1 rings (SSSR count). The molecule has 0 saturated carbocycles. The van der Waals surface area contributed by atoms with Gasteiger partial charge in [0, 0.05) is 13.2 Å². The van der Waals surface area contributed by atoms with Crippen molar-refractivity contribution in [2.75, 3.05) is 25.6 Å². The second kappa shape index (κ2) is 11.5. The van der Waals surface area contributed by atoms with E-state index in [1.807, 2.05) is 0 Å². The number of carbonyl (C=O) groups is 2. The molecule has 1 aromatic rings. The second-order valence-corrected chi connectivity index (χ2v) is 4.11. The van der Waals surface area contributed by atoms with Crippen molar-refractivity contribution in [3.05, 3.63) is 35.1 Å². The van der Waals surface area contributed by atoms with Crippen molar-refractivity contribution >= 4 is 17.8 Å². The molecule has 0 aromatic carbocycles. The number of carbonyl (C=O) groups excluding carboxylic acids is 2. The molecule has 0 radical (unpaired) electrons. The average molecular weight is 338 g/mol. The molecule has 0 aliphatic carbocycles. The zero-order valence-electron chi connectivity index (χ0n) is 14.2. The van der Waals surface area contributed by atoms with Crippen LogP contribution in [0.15, 0.2) is 18.2 Å². The fraction of sp³-hybridized carbons (Fsp3) is 0.467. The minimum Gasteiger partial charge on any atom is -0.512 e. The first-order chi connectivity index (χ1) is 11.4. The number of aromatic nitrogens is 2. The molecular formula is C15H22N4O5. The van der Waals surface area contributed by atoms with Crippen molar-refractivity contribution in [1.82, 2.24) is 9.78 Å². The van der Waals surface area contributed by atoms with E-state index in [-0.39, 0.29) is 18.1 Å². The van der Waals surface area contributed by atoms with E-state index in [2.05, 4.69) is 14.7 Å². The Labute approximate surface area is 140 Å². The lowest BCUT2D eigenvalue weighted by Gasteiger charge is -1.99. The summed E-state index contributed by atoms with van der Waals surface area (Å²) >= 11 is 0. The minimum atomic E-state index is -0.638. The molecule has 9 heteroatoms. The molecule has 0 atom stereocenters. The van der Waals surface area contributed by atoms with Gasteiger partial charge in [-0.3, -0.25) is 9.48 Å². The lowest BCUT2D eigenvalue weighted by molar-refractivity contribution is -0.138. The number of nitrogen functional groups attached to an aromatic ring is 1. The molecule has 24 heavy (non-hydrogen) atoms. The van der Waals surface area contributed by atoms with Crippen molar-refractivity contribution in [3.63, 3.8) is 0 Å². The Morgan fingerprint density at radius 3 is 2.33 bits per heavy atom. The Bertz CT molecular complexity index is 616. The highest BCUT2D eigenvalue weighted by molar-refractivity contribution is 5.93. The lowest BCUT2D eigenvalue weighted by Crippen LogP contribution is -2.05. The Hall–Kier alpha value is -3.02. The van der Waals surface area contributed by atoms with Crippen molar-refractivity contribution < 1.29 is 23.8 Å². The quantitative estimate of drug-likeness (QED) is 0.362. The number of esters is 2. The number of ether oxygens (including phenoxy) is 3. The Kier molecular flexibility index (Phi) is 10.1. The third kappa shape index (κ3) is 7.31. The number of anilines is 1. The van der Waals surface area contributed by atoms with Gasteiger partial charge >= 0.3 is 17.6 Å². The highest BCUT2D eigenvalue weighted by Gasteiger charge is 2.13. The molecule has 0 saturated heterocycles. The molecule has 0 fully saturated rings. The van der Waals surface area contributed by atoms with Gasteiger partial charge in [-0.05, 0) is 20.8 Å². The molecule has 132 valence electrons. The van der Waals surface area contributed by atoms with Gasteiger partial charge in [0.1, 0.15) is 5.56 Å². The van der Waals surface area contributed by atoms with Gasteiger partial charge in [0.25, 0.3) is 0 Å². The molecule has 0 bridgehead atoms. The SMILES string of the molecule is CCOC(=O)c1cn(C)nc1N.[C-]#[N+]C(=COCC)C(=O)OCC. The molecule has 0 unspecified atom stereocenters. The third-order valence-electron chi connectivity index (χ3n) is 2.32. The van der Waals surface area contributed by atoms with Gasteiger partial charge in [0.2, 0.25) is 0 Å². The number of nitrogens with two attached hydrogens (primary N) is 1. The van der Waals surface area contributed by atoms with Crippen LogP contribution < -0.4 is 5.73 Å². The first-order valence-electron chi connectivity index (χ1n) is 7.23. The van der Waals surface area contributed by atoms with Gasteiger partial charge in [-0.15, -0.1) is 0 Å². The summed E-state index contributed by atoms with van der Waals surface area (Å²) in [6.45, 7) is 12.8. The van der Waals surface area contributed by atoms with Crippen LogP contribution in [0.4, 0.5) is 5.82 Å². The lowest BCUT2D eigenvalue weighted by atomic mass is 10.3. The zero-order valence-corrected chi connectivity index (χ0v) is 14.2. The van der Waals surface area contributed by atoms with Crippen molar-refractivity contribution in [2.24, 2.45) is 7.05 Å². The summed E-state index contributed by atoms with van der Waals surface area (Å²) in [5, 5.41) is 3.81. The summed E-state index contributed by atoms with van der Waals surface area (Å²) < 4.78 is 15.6. The van der Waals surface area contributed by atoms with Gasteiger partial charge in [-0.2, -0.15) is 5.10 Å². The largest absolute Gasteiger partial charge is 0.512 e. The van der Waals surface area contributed by atoms with Gasteiger partial charge in [0.05, 0.1) is 32.7 Å². The van der Waals surface area contributed by atoms with Crippen LogP contribution >= 0.6 is 0 Å². The monoisotopic (exact) mass is 338 g/mol. The van der Waals surface area contributed by atoms with Crippen LogP contribution in [0.5, 0.6) is 0 Å². The summed E-state index contributed by atoms with van der Waals surface area (Å²) in [5.74, 6) is -0.861. The summed E-state index contributed by atoms with van der Waals surface area (Å²) in [7, 11) is 1.69.